The van der Waals surface area contributed by atoms with Crippen LogP contribution >= 0.6 is 0 Å². The average molecular weight is 198 g/mol. The van der Waals surface area contributed by atoms with E-state index in [0.717, 1.165) is 12.0 Å². The predicted molar refractivity (Wildman–Crippen MR) is 62.6 cm³/mol. The van der Waals surface area contributed by atoms with Gasteiger partial charge in [0.2, 0.25) is 0 Å². The number of hydrogen-bond donors (Lipinski definition) is 1. The Bertz CT molecular complexity index is 172. The molecule has 0 amide bonds. The molecular formula is C12H26N2. The first-order chi connectivity index (χ1) is 6.39. The van der Waals surface area contributed by atoms with E-state index in [9.17, 15) is 0 Å². The fraction of sp³-hybridized carbons (Fsp3) is 1.00. The molecule has 0 radical (unpaired) electrons. The van der Waals surface area contributed by atoms with Crippen LogP contribution in [0, 0.1) is 5.92 Å². The molecule has 2 nitrogen and oxygen atoms in total. The fourth-order valence-corrected chi connectivity index (χ4v) is 1.93. The Hall–Kier alpha value is -0.0800. The first kappa shape index (κ1) is 12.0. The van der Waals surface area contributed by atoms with Crippen molar-refractivity contribution in [2.24, 2.45) is 5.92 Å². The van der Waals surface area contributed by atoms with Gasteiger partial charge in [0.05, 0.1) is 0 Å². The van der Waals surface area contributed by atoms with E-state index >= 15 is 0 Å². The van der Waals surface area contributed by atoms with Crippen LogP contribution in [0.25, 0.3) is 0 Å². The number of hydrogen-bond acceptors (Lipinski definition) is 2. The lowest BCUT2D eigenvalue weighted by Gasteiger charge is -2.32. The van der Waals surface area contributed by atoms with E-state index in [0.29, 0.717) is 5.54 Å². The van der Waals surface area contributed by atoms with Crippen molar-refractivity contribution >= 4 is 0 Å². The molecular weight excluding hydrogens is 172 g/mol. The summed E-state index contributed by atoms with van der Waals surface area (Å²) in [6.45, 7) is 11.6. The summed E-state index contributed by atoms with van der Waals surface area (Å²) in [4.78, 5) is 2.44. The van der Waals surface area contributed by atoms with E-state index in [1.54, 1.807) is 0 Å². The van der Waals surface area contributed by atoms with Gasteiger partial charge in [-0.25, -0.2) is 0 Å². The third kappa shape index (κ3) is 3.58. The first-order valence-corrected chi connectivity index (χ1v) is 5.84. The topological polar surface area (TPSA) is 15.3 Å². The number of nitrogens with zero attached hydrogens (tertiary/aromatic N) is 1. The Morgan fingerprint density at radius 1 is 1.36 bits per heavy atom. The quantitative estimate of drug-likeness (QED) is 0.747. The molecule has 0 aliphatic carbocycles. The van der Waals surface area contributed by atoms with Gasteiger partial charge >= 0.3 is 0 Å². The SMILES string of the molecule is CC1CNC(CCN(C)C(C)(C)C)C1. The van der Waals surface area contributed by atoms with Gasteiger partial charge in [0.25, 0.3) is 0 Å². The molecule has 2 atom stereocenters. The summed E-state index contributed by atoms with van der Waals surface area (Å²) >= 11 is 0. The minimum absolute atomic E-state index is 0.310. The third-order valence-electron chi connectivity index (χ3n) is 3.40. The van der Waals surface area contributed by atoms with Gasteiger partial charge in [-0.15, -0.1) is 0 Å². The summed E-state index contributed by atoms with van der Waals surface area (Å²) in [6.07, 6.45) is 2.65. The first-order valence-electron chi connectivity index (χ1n) is 5.84. The maximum Gasteiger partial charge on any atom is 0.0122 e. The lowest BCUT2D eigenvalue weighted by atomic mass is 10.0. The molecule has 0 spiro atoms. The lowest BCUT2D eigenvalue weighted by molar-refractivity contribution is 0.168. The maximum absolute atomic E-state index is 3.59. The highest BCUT2D eigenvalue weighted by Gasteiger charge is 2.22. The lowest BCUT2D eigenvalue weighted by Crippen LogP contribution is -2.40. The van der Waals surface area contributed by atoms with Crippen LogP contribution in [0.15, 0.2) is 0 Å². The maximum atomic E-state index is 3.59. The van der Waals surface area contributed by atoms with E-state index in [1.807, 2.05) is 0 Å². The molecule has 1 heterocycles. The summed E-state index contributed by atoms with van der Waals surface area (Å²) in [5.74, 6) is 0.875. The molecule has 0 bridgehead atoms. The van der Waals surface area contributed by atoms with Crippen LogP contribution in [0.5, 0.6) is 0 Å². The highest BCUT2D eigenvalue weighted by molar-refractivity contribution is 4.81. The summed E-state index contributed by atoms with van der Waals surface area (Å²) < 4.78 is 0. The second kappa shape index (κ2) is 4.63. The van der Waals surface area contributed by atoms with Crippen molar-refractivity contribution in [2.75, 3.05) is 20.1 Å². The molecule has 2 heteroatoms. The Balaban J connectivity index is 2.21. The predicted octanol–water partition coefficient (Wildman–Crippen LogP) is 2.10. The molecule has 14 heavy (non-hydrogen) atoms. The fourth-order valence-electron chi connectivity index (χ4n) is 1.93. The van der Waals surface area contributed by atoms with Gasteiger partial charge in [0.1, 0.15) is 0 Å². The number of rotatable bonds is 3. The van der Waals surface area contributed by atoms with Crippen molar-refractivity contribution in [3.63, 3.8) is 0 Å². The monoisotopic (exact) mass is 198 g/mol. The Morgan fingerprint density at radius 2 is 2.00 bits per heavy atom. The minimum atomic E-state index is 0.310. The zero-order chi connectivity index (χ0) is 10.8. The second-order valence-electron chi connectivity index (χ2n) is 5.83. The van der Waals surface area contributed by atoms with Crippen LogP contribution < -0.4 is 5.32 Å². The Kier molecular flexibility index (Phi) is 3.96. The molecule has 1 N–H and O–H groups in total. The van der Waals surface area contributed by atoms with Crippen LogP contribution in [0.2, 0.25) is 0 Å². The highest BCUT2D eigenvalue weighted by atomic mass is 15.2. The van der Waals surface area contributed by atoms with Crippen LogP contribution in [0.3, 0.4) is 0 Å². The van der Waals surface area contributed by atoms with Crippen molar-refractivity contribution in [3.8, 4) is 0 Å². The van der Waals surface area contributed by atoms with Crippen molar-refractivity contribution in [2.45, 2.75) is 52.1 Å². The second-order valence-corrected chi connectivity index (χ2v) is 5.83. The molecule has 1 fully saturated rings. The average Bonchev–Trinajstić information content (AvgIpc) is 2.45. The molecule has 0 aromatic heterocycles. The van der Waals surface area contributed by atoms with E-state index in [-0.39, 0.29) is 0 Å². The van der Waals surface area contributed by atoms with Crippen LogP contribution in [-0.4, -0.2) is 36.6 Å². The molecule has 1 rings (SSSR count). The van der Waals surface area contributed by atoms with Crippen LogP contribution in [0.4, 0.5) is 0 Å². The molecule has 84 valence electrons. The molecule has 0 aromatic rings. The summed E-state index contributed by atoms with van der Waals surface area (Å²) in [5, 5.41) is 3.59. The summed E-state index contributed by atoms with van der Waals surface area (Å²) in [5.41, 5.74) is 0.310. The minimum Gasteiger partial charge on any atom is -0.314 e. The van der Waals surface area contributed by atoms with E-state index < -0.39 is 0 Å². The standard InChI is InChI=1S/C12H26N2/c1-10-8-11(13-9-10)6-7-14(5)12(2,3)4/h10-11,13H,6-9H2,1-5H3. The van der Waals surface area contributed by atoms with Gasteiger partial charge in [-0.1, -0.05) is 6.92 Å². The molecule has 2 unspecified atom stereocenters. The van der Waals surface area contributed by atoms with Gasteiger partial charge in [-0.3, -0.25) is 0 Å². The van der Waals surface area contributed by atoms with Gasteiger partial charge in [0, 0.05) is 11.6 Å². The zero-order valence-corrected chi connectivity index (χ0v) is 10.4. The van der Waals surface area contributed by atoms with E-state index in [1.165, 1.54) is 25.9 Å². The zero-order valence-electron chi connectivity index (χ0n) is 10.4. The Labute approximate surface area is 89.1 Å². The third-order valence-corrected chi connectivity index (χ3v) is 3.40. The van der Waals surface area contributed by atoms with Crippen molar-refractivity contribution < 1.29 is 0 Å². The van der Waals surface area contributed by atoms with Crippen molar-refractivity contribution in [1.82, 2.24) is 10.2 Å². The molecule has 1 aliphatic heterocycles. The van der Waals surface area contributed by atoms with Crippen LogP contribution in [-0.2, 0) is 0 Å². The van der Waals surface area contributed by atoms with Gasteiger partial charge < -0.3 is 10.2 Å². The number of nitrogens with one attached hydrogen (secondary N) is 1. The van der Waals surface area contributed by atoms with Crippen LogP contribution in [0.1, 0.15) is 40.5 Å². The smallest absolute Gasteiger partial charge is 0.0122 e. The van der Waals surface area contributed by atoms with E-state index in [2.05, 4.69) is 45.0 Å². The Morgan fingerprint density at radius 3 is 2.43 bits per heavy atom. The normalized spacial score (nSPS) is 28.7. The van der Waals surface area contributed by atoms with Gasteiger partial charge in [0.15, 0.2) is 0 Å². The van der Waals surface area contributed by atoms with Crippen molar-refractivity contribution in [3.05, 3.63) is 0 Å². The summed E-state index contributed by atoms with van der Waals surface area (Å²) in [6, 6.07) is 0.759. The molecule has 0 aromatic carbocycles. The molecule has 1 saturated heterocycles. The highest BCUT2D eigenvalue weighted by Crippen LogP contribution is 2.17. The van der Waals surface area contributed by atoms with Crippen molar-refractivity contribution in [1.29, 1.82) is 0 Å². The molecule has 1 aliphatic rings. The van der Waals surface area contributed by atoms with Gasteiger partial charge in [-0.05, 0) is 59.7 Å². The summed E-state index contributed by atoms with van der Waals surface area (Å²) in [7, 11) is 2.22. The van der Waals surface area contributed by atoms with E-state index in [4.69, 9.17) is 0 Å². The largest absolute Gasteiger partial charge is 0.314 e. The van der Waals surface area contributed by atoms with Gasteiger partial charge in [-0.2, -0.15) is 0 Å². The molecule has 0 saturated carbocycles.